The number of nitrogens with zero attached hydrogens (tertiary/aromatic N) is 3. The molecule has 0 bridgehead atoms. The standard InChI is InChI=1S/C25H19N5O2/c26-20-12-10-17(11-13-20)25(31)28-27-15-19-16-30(21-7-2-1-3-8-21)29-24(19)23-14-18-6-4-5-9-22(18)32-23/h1-16H,26H2,(H,28,31)/b27-15+. The number of para-hydroxylation sites is 2. The van der Waals surface area contributed by atoms with Crippen LogP contribution in [0.1, 0.15) is 15.9 Å². The molecule has 0 radical (unpaired) electrons. The number of nitrogen functional groups attached to an aromatic ring is 1. The first-order valence-corrected chi connectivity index (χ1v) is 10.0. The van der Waals surface area contributed by atoms with E-state index in [1.807, 2.05) is 66.9 Å². The number of rotatable bonds is 5. The Morgan fingerprint density at radius 2 is 1.75 bits per heavy atom. The minimum absolute atomic E-state index is 0.331. The lowest BCUT2D eigenvalue weighted by molar-refractivity contribution is 0.0955. The molecule has 0 aliphatic carbocycles. The maximum absolute atomic E-state index is 12.3. The molecular weight excluding hydrogens is 402 g/mol. The van der Waals surface area contributed by atoms with Crippen LogP contribution in [0.5, 0.6) is 0 Å². The topological polar surface area (TPSA) is 98.4 Å². The molecule has 32 heavy (non-hydrogen) atoms. The second kappa shape index (κ2) is 8.23. The molecule has 5 rings (SSSR count). The summed E-state index contributed by atoms with van der Waals surface area (Å²) < 4.78 is 7.77. The lowest BCUT2D eigenvalue weighted by atomic mass is 10.2. The number of hydrogen-bond acceptors (Lipinski definition) is 5. The van der Waals surface area contributed by atoms with E-state index in [0.717, 1.165) is 16.7 Å². The zero-order valence-electron chi connectivity index (χ0n) is 17.0. The summed E-state index contributed by atoms with van der Waals surface area (Å²) in [6, 6.07) is 26.1. The van der Waals surface area contributed by atoms with E-state index in [1.165, 1.54) is 0 Å². The third-order valence-electron chi connectivity index (χ3n) is 4.96. The lowest BCUT2D eigenvalue weighted by Crippen LogP contribution is -2.17. The third-order valence-corrected chi connectivity index (χ3v) is 4.96. The summed E-state index contributed by atoms with van der Waals surface area (Å²) >= 11 is 0. The summed E-state index contributed by atoms with van der Waals surface area (Å²) in [6.07, 6.45) is 3.40. The van der Waals surface area contributed by atoms with Gasteiger partial charge in [0.25, 0.3) is 5.91 Å². The van der Waals surface area contributed by atoms with Crippen LogP contribution in [-0.4, -0.2) is 21.9 Å². The van der Waals surface area contributed by atoms with Gasteiger partial charge in [-0.05, 0) is 48.5 Å². The van der Waals surface area contributed by atoms with Crippen LogP contribution in [0.3, 0.4) is 0 Å². The van der Waals surface area contributed by atoms with Gasteiger partial charge in [0.1, 0.15) is 11.3 Å². The summed E-state index contributed by atoms with van der Waals surface area (Å²) in [5, 5.41) is 9.84. The Morgan fingerprint density at radius 3 is 2.53 bits per heavy atom. The molecule has 2 aromatic heterocycles. The minimum Gasteiger partial charge on any atom is -0.454 e. The van der Waals surface area contributed by atoms with Gasteiger partial charge in [-0.2, -0.15) is 10.2 Å². The lowest BCUT2D eigenvalue weighted by Gasteiger charge is -2.00. The molecule has 3 N–H and O–H groups in total. The van der Waals surface area contributed by atoms with Crippen molar-refractivity contribution >= 4 is 28.8 Å². The number of hydrazone groups is 1. The first kappa shape index (κ1) is 19.3. The smallest absolute Gasteiger partial charge is 0.271 e. The van der Waals surface area contributed by atoms with Crippen LogP contribution in [-0.2, 0) is 0 Å². The van der Waals surface area contributed by atoms with Gasteiger partial charge in [0.2, 0.25) is 0 Å². The number of anilines is 1. The Labute approximate surface area is 183 Å². The number of amides is 1. The Balaban J connectivity index is 1.48. The number of hydrogen-bond donors (Lipinski definition) is 2. The molecule has 0 saturated carbocycles. The maximum Gasteiger partial charge on any atom is 0.271 e. The summed E-state index contributed by atoms with van der Waals surface area (Å²) in [5.41, 5.74) is 12.3. The molecule has 2 heterocycles. The molecule has 156 valence electrons. The van der Waals surface area contributed by atoms with E-state index in [4.69, 9.17) is 15.2 Å². The predicted molar refractivity (Wildman–Crippen MR) is 125 cm³/mol. The number of nitrogens with one attached hydrogen (secondary N) is 1. The van der Waals surface area contributed by atoms with Crippen molar-refractivity contribution in [3.8, 4) is 17.1 Å². The first-order valence-electron chi connectivity index (χ1n) is 10.0. The van der Waals surface area contributed by atoms with Crippen molar-refractivity contribution in [2.45, 2.75) is 0 Å². The van der Waals surface area contributed by atoms with E-state index < -0.39 is 0 Å². The molecule has 0 aliphatic heterocycles. The van der Waals surface area contributed by atoms with Crippen LogP contribution < -0.4 is 11.2 Å². The molecule has 7 nitrogen and oxygen atoms in total. The fourth-order valence-electron chi connectivity index (χ4n) is 3.34. The van der Waals surface area contributed by atoms with E-state index in [-0.39, 0.29) is 5.91 Å². The molecule has 0 fully saturated rings. The van der Waals surface area contributed by atoms with Crippen molar-refractivity contribution in [1.82, 2.24) is 15.2 Å². The van der Waals surface area contributed by atoms with Gasteiger partial charge in [0.15, 0.2) is 5.76 Å². The first-order chi connectivity index (χ1) is 15.7. The quantitative estimate of drug-likeness (QED) is 0.245. The Bertz CT molecular complexity index is 1380. The average Bonchev–Trinajstić information content (AvgIpc) is 3.44. The summed E-state index contributed by atoms with van der Waals surface area (Å²) in [7, 11) is 0. The van der Waals surface area contributed by atoms with Gasteiger partial charge in [-0.3, -0.25) is 4.79 Å². The Morgan fingerprint density at radius 1 is 1.00 bits per heavy atom. The molecule has 0 unspecified atom stereocenters. The molecule has 0 aliphatic rings. The van der Waals surface area contributed by atoms with Crippen LogP contribution in [0.2, 0.25) is 0 Å². The second-order valence-electron chi connectivity index (χ2n) is 7.18. The van der Waals surface area contributed by atoms with Crippen LogP contribution in [0.15, 0.2) is 101 Å². The zero-order chi connectivity index (χ0) is 21.9. The van der Waals surface area contributed by atoms with Crippen molar-refractivity contribution in [2.75, 3.05) is 5.73 Å². The SMILES string of the molecule is Nc1ccc(C(=O)N/N=C/c2cn(-c3ccccc3)nc2-c2cc3ccccc3o2)cc1. The van der Waals surface area contributed by atoms with E-state index in [0.29, 0.717) is 28.3 Å². The molecule has 3 aromatic carbocycles. The molecule has 0 atom stereocenters. The number of furan rings is 1. The predicted octanol–water partition coefficient (Wildman–Crippen LogP) is 4.63. The van der Waals surface area contributed by atoms with Gasteiger partial charge in [0.05, 0.1) is 11.9 Å². The molecule has 5 aromatic rings. The highest BCUT2D eigenvalue weighted by atomic mass is 16.3. The normalized spacial score (nSPS) is 11.2. The monoisotopic (exact) mass is 421 g/mol. The Kier molecular flexibility index (Phi) is 4.97. The number of carbonyl (C=O) groups excluding carboxylic acids is 1. The average molecular weight is 421 g/mol. The number of fused-ring (bicyclic) bond motifs is 1. The van der Waals surface area contributed by atoms with Gasteiger partial charge >= 0.3 is 0 Å². The van der Waals surface area contributed by atoms with Crippen LogP contribution in [0.25, 0.3) is 28.1 Å². The maximum atomic E-state index is 12.3. The highest BCUT2D eigenvalue weighted by Gasteiger charge is 2.15. The molecular formula is C25H19N5O2. The van der Waals surface area contributed by atoms with Crippen molar-refractivity contribution in [3.63, 3.8) is 0 Å². The van der Waals surface area contributed by atoms with Crippen molar-refractivity contribution in [2.24, 2.45) is 5.10 Å². The zero-order valence-corrected chi connectivity index (χ0v) is 17.0. The van der Waals surface area contributed by atoms with E-state index >= 15 is 0 Å². The van der Waals surface area contributed by atoms with Crippen LogP contribution >= 0.6 is 0 Å². The summed E-state index contributed by atoms with van der Waals surface area (Å²) in [5.74, 6) is 0.286. The number of benzene rings is 3. The van der Waals surface area contributed by atoms with Gasteiger partial charge in [-0.15, -0.1) is 0 Å². The Hall–Kier alpha value is -4.65. The third kappa shape index (κ3) is 3.87. The van der Waals surface area contributed by atoms with Crippen LogP contribution in [0.4, 0.5) is 5.69 Å². The van der Waals surface area contributed by atoms with Crippen molar-refractivity contribution < 1.29 is 9.21 Å². The highest BCUT2D eigenvalue weighted by Crippen LogP contribution is 2.29. The van der Waals surface area contributed by atoms with Gasteiger partial charge in [-0.1, -0.05) is 36.4 Å². The van der Waals surface area contributed by atoms with E-state index in [1.54, 1.807) is 35.2 Å². The van der Waals surface area contributed by atoms with Crippen molar-refractivity contribution in [1.29, 1.82) is 0 Å². The number of nitrogens with two attached hydrogens (primary N) is 1. The number of aromatic nitrogens is 2. The van der Waals surface area contributed by atoms with Gasteiger partial charge in [-0.25, -0.2) is 10.1 Å². The highest BCUT2D eigenvalue weighted by molar-refractivity contribution is 5.96. The van der Waals surface area contributed by atoms with Crippen LogP contribution in [0, 0.1) is 0 Å². The minimum atomic E-state index is -0.331. The molecule has 0 saturated heterocycles. The number of carbonyl (C=O) groups is 1. The van der Waals surface area contributed by atoms with E-state index in [9.17, 15) is 4.79 Å². The molecule has 7 heteroatoms. The fraction of sp³-hybridized carbons (Fsp3) is 0. The van der Waals surface area contributed by atoms with E-state index in [2.05, 4.69) is 10.5 Å². The largest absolute Gasteiger partial charge is 0.454 e. The molecule has 0 spiro atoms. The van der Waals surface area contributed by atoms with Gasteiger partial charge in [0, 0.05) is 28.4 Å². The van der Waals surface area contributed by atoms with Crippen molar-refractivity contribution in [3.05, 3.63) is 102 Å². The summed E-state index contributed by atoms with van der Waals surface area (Å²) in [6.45, 7) is 0. The van der Waals surface area contributed by atoms with Gasteiger partial charge < -0.3 is 10.2 Å². The second-order valence-corrected chi connectivity index (χ2v) is 7.18. The molecule has 1 amide bonds. The fourth-order valence-corrected chi connectivity index (χ4v) is 3.34. The summed E-state index contributed by atoms with van der Waals surface area (Å²) in [4.78, 5) is 12.3.